The van der Waals surface area contributed by atoms with Crippen LogP contribution in [0.4, 0.5) is 0 Å². The van der Waals surface area contributed by atoms with Crippen molar-refractivity contribution in [1.29, 1.82) is 0 Å². The second kappa shape index (κ2) is 5.89. The Labute approximate surface area is 106 Å². The highest BCUT2D eigenvalue weighted by molar-refractivity contribution is 6.32. The number of halogens is 1. The van der Waals surface area contributed by atoms with Gasteiger partial charge in [0.15, 0.2) is 0 Å². The van der Waals surface area contributed by atoms with Gasteiger partial charge in [0, 0.05) is 6.04 Å². The Morgan fingerprint density at radius 1 is 1.47 bits per heavy atom. The van der Waals surface area contributed by atoms with Crippen LogP contribution in [0.5, 0.6) is 5.75 Å². The predicted octanol–water partition coefficient (Wildman–Crippen LogP) is 1.86. The zero-order valence-corrected chi connectivity index (χ0v) is 10.7. The maximum absolute atomic E-state index is 10.8. The number of nitrogens with two attached hydrogens (primary N) is 2. The maximum atomic E-state index is 10.8. The van der Waals surface area contributed by atoms with E-state index >= 15 is 0 Å². The predicted molar refractivity (Wildman–Crippen MR) is 67.9 cm³/mol. The van der Waals surface area contributed by atoms with Gasteiger partial charge in [0.05, 0.1) is 17.5 Å². The molecule has 0 bridgehead atoms. The zero-order valence-electron chi connectivity index (χ0n) is 9.94. The van der Waals surface area contributed by atoms with Gasteiger partial charge in [-0.05, 0) is 24.6 Å². The highest BCUT2D eigenvalue weighted by Crippen LogP contribution is 2.27. The number of rotatable bonds is 5. The number of hydrogen-bond donors (Lipinski definition) is 2. The molecule has 0 spiro atoms. The molecule has 94 valence electrons. The van der Waals surface area contributed by atoms with Crippen molar-refractivity contribution in [2.75, 3.05) is 6.61 Å². The summed E-state index contributed by atoms with van der Waals surface area (Å²) in [6.45, 7) is 3.79. The minimum Gasteiger partial charge on any atom is -0.491 e. The first-order valence-electron chi connectivity index (χ1n) is 5.39. The quantitative estimate of drug-likeness (QED) is 0.844. The van der Waals surface area contributed by atoms with E-state index in [1.807, 2.05) is 13.0 Å². The molecular formula is C12H17ClN2O2. The van der Waals surface area contributed by atoms with Crippen molar-refractivity contribution in [2.45, 2.75) is 19.9 Å². The third-order valence-corrected chi connectivity index (χ3v) is 2.75. The fraction of sp³-hybridized carbons (Fsp3) is 0.417. The molecule has 5 heteroatoms. The average Bonchev–Trinajstić information content (AvgIpc) is 2.26. The number of amides is 1. The number of benzene rings is 1. The smallest absolute Gasteiger partial charge is 0.223 e. The molecule has 0 aliphatic rings. The van der Waals surface area contributed by atoms with Crippen molar-refractivity contribution in [1.82, 2.24) is 0 Å². The molecule has 0 heterocycles. The molecule has 2 atom stereocenters. The Balaban J connectivity index is 2.70. The van der Waals surface area contributed by atoms with Gasteiger partial charge in [-0.1, -0.05) is 24.6 Å². The molecule has 1 aromatic rings. The van der Waals surface area contributed by atoms with E-state index in [0.717, 1.165) is 5.56 Å². The Kier molecular flexibility index (Phi) is 4.78. The summed E-state index contributed by atoms with van der Waals surface area (Å²) in [4.78, 5) is 10.8. The normalized spacial score (nSPS) is 14.1. The van der Waals surface area contributed by atoms with Crippen LogP contribution >= 0.6 is 11.6 Å². The second-order valence-corrected chi connectivity index (χ2v) is 4.50. The summed E-state index contributed by atoms with van der Waals surface area (Å²) in [5.74, 6) is -0.211. The largest absolute Gasteiger partial charge is 0.491 e. The van der Waals surface area contributed by atoms with Gasteiger partial charge >= 0.3 is 0 Å². The maximum Gasteiger partial charge on any atom is 0.223 e. The summed E-state index contributed by atoms with van der Waals surface area (Å²) < 4.78 is 5.42. The first-order valence-corrected chi connectivity index (χ1v) is 5.76. The molecule has 4 nitrogen and oxygen atoms in total. The van der Waals surface area contributed by atoms with Crippen molar-refractivity contribution in [2.24, 2.45) is 17.4 Å². The lowest BCUT2D eigenvalue weighted by atomic mass is 10.1. The number of primary amides is 1. The Morgan fingerprint density at radius 3 is 2.59 bits per heavy atom. The topological polar surface area (TPSA) is 78.3 Å². The second-order valence-electron chi connectivity index (χ2n) is 4.09. The fourth-order valence-electron chi connectivity index (χ4n) is 1.21. The number of hydrogen-bond acceptors (Lipinski definition) is 3. The van der Waals surface area contributed by atoms with Gasteiger partial charge < -0.3 is 16.2 Å². The molecule has 0 aliphatic carbocycles. The minimum atomic E-state index is -0.395. The van der Waals surface area contributed by atoms with Crippen LogP contribution < -0.4 is 16.2 Å². The molecule has 4 N–H and O–H groups in total. The van der Waals surface area contributed by atoms with Crippen molar-refractivity contribution in [3.63, 3.8) is 0 Å². The van der Waals surface area contributed by atoms with E-state index in [0.29, 0.717) is 10.8 Å². The van der Waals surface area contributed by atoms with E-state index in [9.17, 15) is 4.79 Å². The first kappa shape index (κ1) is 13.8. The highest BCUT2D eigenvalue weighted by Gasteiger charge is 2.11. The van der Waals surface area contributed by atoms with Crippen molar-refractivity contribution in [3.05, 3.63) is 28.8 Å². The monoisotopic (exact) mass is 256 g/mol. The van der Waals surface area contributed by atoms with Crippen molar-refractivity contribution >= 4 is 17.5 Å². The van der Waals surface area contributed by atoms with Gasteiger partial charge in [0.25, 0.3) is 0 Å². The van der Waals surface area contributed by atoms with E-state index in [4.69, 9.17) is 27.8 Å². The summed E-state index contributed by atoms with van der Waals surface area (Å²) in [5, 5.41) is 0.483. The summed E-state index contributed by atoms with van der Waals surface area (Å²) in [6, 6.07) is 5.28. The SMILES string of the molecule is CC(COc1ccc(C(C)N)cc1Cl)C(N)=O. The van der Waals surface area contributed by atoms with Crippen LogP contribution in [-0.2, 0) is 4.79 Å². The third kappa shape index (κ3) is 3.91. The van der Waals surface area contributed by atoms with E-state index in [-0.39, 0.29) is 18.6 Å². The molecule has 0 saturated carbocycles. The van der Waals surface area contributed by atoms with Crippen LogP contribution in [0.25, 0.3) is 0 Å². The molecule has 0 aliphatic heterocycles. The molecule has 0 saturated heterocycles. The number of carbonyl (C=O) groups excluding carboxylic acids is 1. The third-order valence-electron chi connectivity index (χ3n) is 2.46. The minimum absolute atomic E-state index is 0.0777. The average molecular weight is 257 g/mol. The molecule has 0 radical (unpaired) electrons. The zero-order chi connectivity index (χ0) is 13.0. The Morgan fingerprint density at radius 2 is 2.12 bits per heavy atom. The molecule has 17 heavy (non-hydrogen) atoms. The van der Waals surface area contributed by atoms with Crippen molar-refractivity contribution in [3.8, 4) is 5.75 Å². The molecule has 2 unspecified atom stereocenters. The van der Waals surface area contributed by atoms with E-state index in [1.165, 1.54) is 0 Å². The van der Waals surface area contributed by atoms with Gasteiger partial charge in [-0.2, -0.15) is 0 Å². The first-order chi connectivity index (χ1) is 7.91. The standard InChI is InChI=1S/C12H17ClN2O2/c1-7(12(15)16)6-17-11-4-3-9(8(2)14)5-10(11)13/h3-5,7-8H,6,14H2,1-2H3,(H2,15,16). The fourth-order valence-corrected chi connectivity index (χ4v) is 1.46. The molecule has 0 fully saturated rings. The van der Waals surface area contributed by atoms with E-state index in [1.54, 1.807) is 19.1 Å². The summed E-state index contributed by atoms with van der Waals surface area (Å²) in [7, 11) is 0. The van der Waals surface area contributed by atoms with Crippen LogP contribution in [-0.4, -0.2) is 12.5 Å². The van der Waals surface area contributed by atoms with Gasteiger partial charge in [-0.3, -0.25) is 4.79 Å². The van der Waals surface area contributed by atoms with E-state index in [2.05, 4.69) is 0 Å². The highest BCUT2D eigenvalue weighted by atomic mass is 35.5. The number of carbonyl (C=O) groups is 1. The molecule has 0 aromatic heterocycles. The summed E-state index contributed by atoms with van der Waals surface area (Å²) >= 11 is 6.04. The van der Waals surface area contributed by atoms with Crippen LogP contribution in [0.1, 0.15) is 25.5 Å². The van der Waals surface area contributed by atoms with Crippen LogP contribution in [0.15, 0.2) is 18.2 Å². The number of ether oxygens (including phenoxy) is 1. The lowest BCUT2D eigenvalue weighted by Gasteiger charge is -2.13. The van der Waals surface area contributed by atoms with Gasteiger partial charge in [0.1, 0.15) is 5.75 Å². The molecule has 1 amide bonds. The lowest BCUT2D eigenvalue weighted by Crippen LogP contribution is -2.25. The van der Waals surface area contributed by atoms with Gasteiger partial charge in [0.2, 0.25) is 5.91 Å². The molecular weight excluding hydrogens is 240 g/mol. The lowest BCUT2D eigenvalue weighted by molar-refractivity contribution is -0.122. The summed E-state index contributed by atoms with van der Waals surface area (Å²) in [5.41, 5.74) is 11.8. The van der Waals surface area contributed by atoms with Crippen LogP contribution in [0, 0.1) is 5.92 Å². The van der Waals surface area contributed by atoms with Crippen LogP contribution in [0.3, 0.4) is 0 Å². The molecule has 1 rings (SSSR count). The van der Waals surface area contributed by atoms with Gasteiger partial charge in [-0.15, -0.1) is 0 Å². The molecule has 1 aromatic carbocycles. The van der Waals surface area contributed by atoms with Gasteiger partial charge in [-0.25, -0.2) is 0 Å². The van der Waals surface area contributed by atoms with E-state index < -0.39 is 5.91 Å². The van der Waals surface area contributed by atoms with Crippen molar-refractivity contribution < 1.29 is 9.53 Å². The summed E-state index contributed by atoms with van der Waals surface area (Å²) in [6.07, 6.45) is 0. The Hall–Kier alpha value is -1.26. The Bertz CT molecular complexity index is 407. The van der Waals surface area contributed by atoms with Crippen LogP contribution in [0.2, 0.25) is 5.02 Å².